The first-order chi connectivity index (χ1) is 9.04. The first-order valence-corrected chi connectivity index (χ1v) is 7.59. The number of nitrogens with one attached hydrogen (secondary N) is 1. The average molecular weight is 286 g/mol. The molecule has 1 aromatic rings. The Morgan fingerprint density at radius 2 is 2.05 bits per heavy atom. The van der Waals surface area contributed by atoms with Gasteiger partial charge in [-0.3, -0.25) is 0 Å². The summed E-state index contributed by atoms with van der Waals surface area (Å²) in [5.74, 6) is 0.304. The van der Waals surface area contributed by atoms with Crippen molar-refractivity contribution in [1.82, 2.24) is 5.32 Å². The van der Waals surface area contributed by atoms with Crippen LogP contribution in [0.25, 0.3) is 0 Å². The second-order valence-electron chi connectivity index (χ2n) is 5.45. The lowest BCUT2D eigenvalue weighted by atomic mass is 9.96. The average Bonchev–Trinajstić information content (AvgIpc) is 2.37. The third-order valence-corrected chi connectivity index (χ3v) is 3.72. The molecule has 0 amide bonds. The van der Waals surface area contributed by atoms with Crippen molar-refractivity contribution >= 4 is 11.6 Å². The first-order valence-electron chi connectivity index (χ1n) is 7.22. The molecule has 0 aliphatic carbocycles. The summed E-state index contributed by atoms with van der Waals surface area (Å²) in [7, 11) is 0. The number of benzene rings is 1. The number of halogens is 2. The van der Waals surface area contributed by atoms with Gasteiger partial charge in [0, 0.05) is 6.04 Å². The molecule has 108 valence electrons. The lowest BCUT2D eigenvalue weighted by molar-refractivity contribution is 0.370. The highest BCUT2D eigenvalue weighted by Gasteiger charge is 2.11. The number of rotatable bonds is 8. The van der Waals surface area contributed by atoms with Crippen LogP contribution in [0.15, 0.2) is 18.2 Å². The third-order valence-electron chi connectivity index (χ3n) is 3.43. The molecule has 1 atom stereocenters. The maximum absolute atomic E-state index is 13.1. The molecule has 0 aromatic heterocycles. The van der Waals surface area contributed by atoms with Crippen molar-refractivity contribution in [2.24, 2.45) is 5.92 Å². The normalized spacial score (nSPS) is 12.9. The minimum atomic E-state index is -0.338. The largest absolute Gasteiger partial charge is 0.314 e. The van der Waals surface area contributed by atoms with E-state index in [0.717, 1.165) is 37.8 Å². The van der Waals surface area contributed by atoms with E-state index in [1.165, 1.54) is 6.07 Å². The molecule has 0 heterocycles. The van der Waals surface area contributed by atoms with Gasteiger partial charge in [0.25, 0.3) is 0 Å². The number of aryl methyl sites for hydroxylation is 1. The van der Waals surface area contributed by atoms with Crippen LogP contribution in [-0.4, -0.2) is 12.6 Å². The van der Waals surface area contributed by atoms with E-state index in [-0.39, 0.29) is 10.8 Å². The van der Waals surface area contributed by atoms with Gasteiger partial charge >= 0.3 is 0 Å². The molecule has 0 saturated heterocycles. The lowest BCUT2D eigenvalue weighted by Gasteiger charge is -2.22. The van der Waals surface area contributed by atoms with Crippen LogP contribution in [0.2, 0.25) is 5.02 Å². The molecule has 1 rings (SSSR count). The summed E-state index contributed by atoms with van der Waals surface area (Å²) in [6.07, 6.45) is 4.36. The van der Waals surface area contributed by atoms with E-state index in [1.54, 1.807) is 6.07 Å². The van der Waals surface area contributed by atoms with Gasteiger partial charge < -0.3 is 5.32 Å². The molecule has 1 unspecified atom stereocenters. The van der Waals surface area contributed by atoms with Gasteiger partial charge in [0.05, 0.1) is 5.02 Å². The molecular weight excluding hydrogens is 261 g/mol. The molecule has 0 aliphatic heterocycles. The lowest BCUT2D eigenvalue weighted by Crippen LogP contribution is -2.34. The van der Waals surface area contributed by atoms with E-state index in [0.29, 0.717) is 12.0 Å². The topological polar surface area (TPSA) is 12.0 Å². The van der Waals surface area contributed by atoms with Crippen LogP contribution in [0, 0.1) is 11.7 Å². The van der Waals surface area contributed by atoms with Crippen LogP contribution in [-0.2, 0) is 6.42 Å². The quantitative estimate of drug-likeness (QED) is 0.722. The predicted octanol–water partition coefficient (Wildman–Crippen LogP) is 4.83. The third kappa shape index (κ3) is 5.92. The van der Waals surface area contributed by atoms with E-state index in [1.807, 2.05) is 6.07 Å². The fourth-order valence-corrected chi connectivity index (χ4v) is 2.43. The Labute approximate surface area is 121 Å². The first kappa shape index (κ1) is 16.5. The van der Waals surface area contributed by atoms with Gasteiger partial charge in [0.1, 0.15) is 5.82 Å². The molecule has 0 radical (unpaired) electrons. The van der Waals surface area contributed by atoms with Gasteiger partial charge in [0.2, 0.25) is 0 Å². The molecule has 0 fully saturated rings. The molecular formula is C16H25ClFN. The van der Waals surface area contributed by atoms with Crippen LogP contribution in [0.3, 0.4) is 0 Å². The number of hydrogen-bond acceptors (Lipinski definition) is 1. The predicted molar refractivity (Wildman–Crippen MR) is 81.3 cm³/mol. The highest BCUT2D eigenvalue weighted by Crippen LogP contribution is 2.18. The summed E-state index contributed by atoms with van der Waals surface area (Å²) in [6.45, 7) is 7.76. The maximum Gasteiger partial charge on any atom is 0.141 e. The molecule has 1 nitrogen and oxygen atoms in total. The van der Waals surface area contributed by atoms with E-state index >= 15 is 0 Å². The molecule has 1 N–H and O–H groups in total. The second kappa shape index (κ2) is 8.55. The van der Waals surface area contributed by atoms with E-state index in [9.17, 15) is 4.39 Å². The Balaban J connectivity index is 2.40. The molecule has 0 bridgehead atoms. The summed E-state index contributed by atoms with van der Waals surface area (Å²) < 4.78 is 13.1. The zero-order valence-corrected chi connectivity index (χ0v) is 12.9. The Morgan fingerprint density at radius 1 is 1.32 bits per heavy atom. The van der Waals surface area contributed by atoms with Crippen molar-refractivity contribution in [1.29, 1.82) is 0 Å². The van der Waals surface area contributed by atoms with Gasteiger partial charge in [0.15, 0.2) is 0 Å². The highest BCUT2D eigenvalue weighted by atomic mass is 35.5. The highest BCUT2D eigenvalue weighted by molar-refractivity contribution is 6.30. The summed E-state index contributed by atoms with van der Waals surface area (Å²) in [4.78, 5) is 0. The van der Waals surface area contributed by atoms with Crippen molar-refractivity contribution in [3.05, 3.63) is 34.6 Å². The Morgan fingerprint density at radius 3 is 2.63 bits per heavy atom. The Hall–Kier alpha value is -0.600. The number of hydrogen-bond donors (Lipinski definition) is 1. The molecule has 0 spiro atoms. The van der Waals surface area contributed by atoms with Crippen LogP contribution in [0.1, 0.15) is 45.6 Å². The van der Waals surface area contributed by atoms with Crippen LogP contribution in [0.4, 0.5) is 4.39 Å². The van der Waals surface area contributed by atoms with Crippen LogP contribution >= 0.6 is 11.6 Å². The van der Waals surface area contributed by atoms with E-state index in [2.05, 4.69) is 26.1 Å². The minimum Gasteiger partial charge on any atom is -0.314 e. The molecule has 19 heavy (non-hydrogen) atoms. The van der Waals surface area contributed by atoms with Gasteiger partial charge in [-0.2, -0.15) is 0 Å². The minimum absolute atomic E-state index is 0.224. The van der Waals surface area contributed by atoms with Crippen molar-refractivity contribution in [3.8, 4) is 0 Å². The maximum atomic E-state index is 13.1. The van der Waals surface area contributed by atoms with Gasteiger partial charge in [-0.1, -0.05) is 38.4 Å². The van der Waals surface area contributed by atoms with Crippen molar-refractivity contribution in [2.75, 3.05) is 6.54 Å². The molecule has 3 heteroatoms. The van der Waals surface area contributed by atoms with E-state index < -0.39 is 0 Å². The fourth-order valence-electron chi connectivity index (χ4n) is 2.22. The molecule has 0 saturated carbocycles. The molecule has 0 aliphatic rings. The fraction of sp³-hybridized carbons (Fsp3) is 0.625. The van der Waals surface area contributed by atoms with Crippen molar-refractivity contribution in [3.63, 3.8) is 0 Å². The smallest absolute Gasteiger partial charge is 0.141 e. The zero-order valence-electron chi connectivity index (χ0n) is 12.2. The summed E-state index contributed by atoms with van der Waals surface area (Å²) in [5, 5.41) is 3.81. The standard InChI is InChI=1S/C16H25ClFN/c1-4-10-19-16(12(2)3)7-5-6-13-8-9-15(18)14(17)11-13/h8-9,11-12,16,19H,4-7,10H2,1-3H3. The summed E-state index contributed by atoms with van der Waals surface area (Å²) >= 11 is 5.79. The Kier molecular flexibility index (Phi) is 7.40. The van der Waals surface area contributed by atoms with Crippen molar-refractivity contribution in [2.45, 2.75) is 52.5 Å². The van der Waals surface area contributed by atoms with Gasteiger partial charge in [-0.05, 0) is 55.8 Å². The van der Waals surface area contributed by atoms with Crippen LogP contribution < -0.4 is 5.32 Å². The SMILES string of the molecule is CCCNC(CCCc1ccc(F)c(Cl)c1)C(C)C. The van der Waals surface area contributed by atoms with E-state index in [4.69, 9.17) is 11.6 Å². The van der Waals surface area contributed by atoms with Crippen LogP contribution in [0.5, 0.6) is 0 Å². The summed E-state index contributed by atoms with van der Waals surface area (Å²) in [6, 6.07) is 5.58. The van der Waals surface area contributed by atoms with Gasteiger partial charge in [-0.25, -0.2) is 4.39 Å². The molecule has 1 aromatic carbocycles. The Bertz CT molecular complexity index is 379. The second-order valence-corrected chi connectivity index (χ2v) is 5.85. The van der Waals surface area contributed by atoms with Gasteiger partial charge in [-0.15, -0.1) is 0 Å². The van der Waals surface area contributed by atoms with Crippen molar-refractivity contribution < 1.29 is 4.39 Å². The zero-order chi connectivity index (χ0) is 14.3. The monoisotopic (exact) mass is 285 g/mol. The summed E-state index contributed by atoms with van der Waals surface area (Å²) in [5.41, 5.74) is 1.12.